The molecule has 0 aliphatic carbocycles. The largest absolute Gasteiger partial charge is 0.486 e. The zero-order valence-corrected chi connectivity index (χ0v) is 17.8. The van der Waals surface area contributed by atoms with Crippen LogP contribution in [0.25, 0.3) is 0 Å². The minimum absolute atomic E-state index is 0.00543. The Morgan fingerprint density at radius 3 is 2.70 bits per heavy atom. The molecule has 30 heavy (non-hydrogen) atoms. The maximum Gasteiger partial charge on any atom is 0.240 e. The maximum absolute atomic E-state index is 12.6. The summed E-state index contributed by atoms with van der Waals surface area (Å²) in [6.07, 6.45) is 1.65. The molecule has 0 bridgehead atoms. The van der Waals surface area contributed by atoms with Gasteiger partial charge < -0.3 is 15.0 Å². The number of Topliss-reactive ketones (excluding diaryl/α,β-unsaturated/α-hetero) is 1. The van der Waals surface area contributed by atoms with Crippen LogP contribution >= 0.6 is 0 Å². The van der Waals surface area contributed by atoms with Crippen molar-refractivity contribution in [3.63, 3.8) is 0 Å². The summed E-state index contributed by atoms with van der Waals surface area (Å²) >= 11 is 0. The van der Waals surface area contributed by atoms with Gasteiger partial charge in [0.25, 0.3) is 0 Å². The summed E-state index contributed by atoms with van der Waals surface area (Å²) in [6.45, 7) is 1.89. The van der Waals surface area contributed by atoms with E-state index in [0.717, 1.165) is 0 Å². The predicted octanol–water partition coefficient (Wildman–Crippen LogP) is 1.10. The lowest BCUT2D eigenvalue weighted by Gasteiger charge is -2.37. The second-order valence-corrected chi connectivity index (χ2v) is 11.1. The molecule has 3 heterocycles. The van der Waals surface area contributed by atoms with Gasteiger partial charge in [-0.2, -0.15) is 0 Å². The number of fused-ring (bicyclic) bond motifs is 1. The molecule has 3 aliphatic heterocycles. The highest BCUT2D eigenvalue weighted by Crippen LogP contribution is 2.39. The molecule has 3 aliphatic rings. The standard InChI is InChI=1S/C21H26N2O6S/c1-20(9-11-30(27,28)14-20)22-18(25)13-23-10-8-21(7-6-19(23)26)12-16(24)15-4-2-3-5-17(15)29-21/h2-5H,6-14H2,1H3,(H,22,25)/t20-,21+/m0/s1. The van der Waals surface area contributed by atoms with Crippen molar-refractivity contribution in [1.82, 2.24) is 10.2 Å². The molecule has 0 aromatic heterocycles. The van der Waals surface area contributed by atoms with Gasteiger partial charge in [-0.25, -0.2) is 8.42 Å². The van der Waals surface area contributed by atoms with Gasteiger partial charge in [-0.05, 0) is 31.9 Å². The Morgan fingerprint density at radius 1 is 1.20 bits per heavy atom. The van der Waals surface area contributed by atoms with Crippen molar-refractivity contribution in [1.29, 1.82) is 0 Å². The number of likely N-dealkylation sites (tertiary alicyclic amines) is 1. The summed E-state index contributed by atoms with van der Waals surface area (Å²) in [7, 11) is -3.14. The van der Waals surface area contributed by atoms with Crippen LogP contribution in [0.4, 0.5) is 0 Å². The Balaban J connectivity index is 1.41. The minimum Gasteiger partial charge on any atom is -0.486 e. The highest BCUT2D eigenvalue weighted by atomic mass is 32.2. The number of amides is 2. The van der Waals surface area contributed by atoms with E-state index in [0.29, 0.717) is 37.1 Å². The summed E-state index contributed by atoms with van der Waals surface area (Å²) < 4.78 is 29.7. The Kier molecular flexibility index (Phi) is 5.12. The third kappa shape index (κ3) is 4.21. The molecule has 2 amide bonds. The smallest absolute Gasteiger partial charge is 0.240 e. The molecule has 1 N–H and O–H groups in total. The van der Waals surface area contributed by atoms with Crippen LogP contribution in [0.15, 0.2) is 24.3 Å². The number of carbonyl (C=O) groups excluding carboxylic acids is 3. The molecule has 4 rings (SSSR count). The van der Waals surface area contributed by atoms with Gasteiger partial charge in [-0.3, -0.25) is 14.4 Å². The van der Waals surface area contributed by atoms with Crippen molar-refractivity contribution in [3.8, 4) is 5.75 Å². The third-order valence-electron chi connectivity index (χ3n) is 6.26. The summed E-state index contributed by atoms with van der Waals surface area (Å²) in [6, 6.07) is 7.12. The number of hydrogen-bond donors (Lipinski definition) is 1. The van der Waals surface area contributed by atoms with Gasteiger partial charge >= 0.3 is 0 Å². The van der Waals surface area contributed by atoms with E-state index < -0.39 is 21.0 Å². The lowest BCUT2D eigenvalue weighted by molar-refractivity contribution is -0.136. The number of benzene rings is 1. The summed E-state index contributed by atoms with van der Waals surface area (Å²) in [4.78, 5) is 39.3. The third-order valence-corrected chi connectivity index (χ3v) is 8.16. The van der Waals surface area contributed by atoms with E-state index in [1.54, 1.807) is 25.1 Å². The van der Waals surface area contributed by atoms with Gasteiger partial charge in [0.1, 0.15) is 11.4 Å². The Labute approximate surface area is 175 Å². The minimum atomic E-state index is -3.14. The van der Waals surface area contributed by atoms with Crippen LogP contribution in [0.3, 0.4) is 0 Å². The first-order chi connectivity index (χ1) is 14.1. The van der Waals surface area contributed by atoms with Crippen LogP contribution in [0.1, 0.15) is 49.4 Å². The molecule has 162 valence electrons. The summed E-state index contributed by atoms with van der Waals surface area (Å²) in [5.74, 6) is -0.0143. The molecular weight excluding hydrogens is 408 g/mol. The van der Waals surface area contributed by atoms with Crippen molar-refractivity contribution >= 4 is 27.4 Å². The number of nitrogens with one attached hydrogen (secondary N) is 1. The molecule has 0 radical (unpaired) electrons. The van der Waals surface area contributed by atoms with Crippen molar-refractivity contribution in [2.45, 2.75) is 50.2 Å². The molecule has 2 saturated heterocycles. The molecule has 2 fully saturated rings. The summed E-state index contributed by atoms with van der Waals surface area (Å²) in [5.41, 5.74) is -0.971. The van der Waals surface area contributed by atoms with E-state index >= 15 is 0 Å². The van der Waals surface area contributed by atoms with Gasteiger partial charge in [0.2, 0.25) is 11.8 Å². The van der Waals surface area contributed by atoms with Gasteiger partial charge in [0, 0.05) is 19.4 Å². The zero-order chi connectivity index (χ0) is 21.6. The highest BCUT2D eigenvalue weighted by Gasteiger charge is 2.44. The Hall–Kier alpha value is -2.42. The summed E-state index contributed by atoms with van der Waals surface area (Å²) in [5, 5.41) is 2.79. The van der Waals surface area contributed by atoms with Crippen LogP contribution in [-0.2, 0) is 19.4 Å². The van der Waals surface area contributed by atoms with Crippen LogP contribution in [0.2, 0.25) is 0 Å². The monoisotopic (exact) mass is 434 g/mol. The molecule has 9 heteroatoms. The number of ketones is 1. The fourth-order valence-electron chi connectivity index (χ4n) is 4.63. The number of ether oxygens (including phenoxy) is 1. The van der Waals surface area contributed by atoms with Crippen LogP contribution < -0.4 is 10.1 Å². The van der Waals surface area contributed by atoms with Crippen LogP contribution in [0, 0.1) is 0 Å². The van der Waals surface area contributed by atoms with Gasteiger partial charge in [0.05, 0.1) is 35.6 Å². The van der Waals surface area contributed by atoms with Crippen molar-refractivity contribution in [3.05, 3.63) is 29.8 Å². The van der Waals surface area contributed by atoms with Gasteiger partial charge in [-0.1, -0.05) is 12.1 Å². The lowest BCUT2D eigenvalue weighted by atomic mass is 9.84. The SMILES string of the molecule is C[C@]1(NC(=O)CN2CC[C@]3(CCC2=O)CC(=O)c2ccccc2O3)CCS(=O)(=O)C1. The average Bonchev–Trinajstić information content (AvgIpc) is 2.87. The van der Waals surface area contributed by atoms with E-state index in [1.807, 2.05) is 6.07 Å². The number of sulfone groups is 1. The van der Waals surface area contributed by atoms with E-state index in [4.69, 9.17) is 4.74 Å². The average molecular weight is 435 g/mol. The number of nitrogens with zero attached hydrogens (tertiary/aromatic N) is 1. The topological polar surface area (TPSA) is 110 Å². The first-order valence-electron chi connectivity index (χ1n) is 10.2. The predicted molar refractivity (Wildman–Crippen MR) is 109 cm³/mol. The number of hydrogen-bond acceptors (Lipinski definition) is 6. The number of carbonyl (C=O) groups is 3. The van der Waals surface area contributed by atoms with Crippen LogP contribution in [0.5, 0.6) is 5.75 Å². The van der Waals surface area contributed by atoms with E-state index in [1.165, 1.54) is 4.90 Å². The molecule has 1 aromatic carbocycles. The molecule has 2 atom stereocenters. The van der Waals surface area contributed by atoms with E-state index in [2.05, 4.69) is 5.32 Å². The van der Waals surface area contributed by atoms with Crippen molar-refractivity contribution in [2.75, 3.05) is 24.6 Å². The lowest BCUT2D eigenvalue weighted by Crippen LogP contribution is -2.51. The van der Waals surface area contributed by atoms with Gasteiger partial charge in [-0.15, -0.1) is 0 Å². The van der Waals surface area contributed by atoms with Crippen molar-refractivity contribution in [2.24, 2.45) is 0 Å². The molecule has 8 nitrogen and oxygen atoms in total. The van der Waals surface area contributed by atoms with Crippen molar-refractivity contribution < 1.29 is 27.5 Å². The zero-order valence-electron chi connectivity index (χ0n) is 17.0. The molecule has 0 unspecified atom stereocenters. The fraction of sp³-hybridized carbons (Fsp3) is 0.571. The molecule has 1 aromatic rings. The van der Waals surface area contributed by atoms with E-state index in [-0.39, 0.29) is 48.5 Å². The fourth-order valence-corrected chi connectivity index (χ4v) is 6.72. The maximum atomic E-state index is 12.6. The first-order valence-corrected chi connectivity index (χ1v) is 12.0. The quantitative estimate of drug-likeness (QED) is 0.763. The second-order valence-electron chi connectivity index (χ2n) is 8.90. The van der Waals surface area contributed by atoms with Crippen LogP contribution in [-0.4, -0.2) is 66.7 Å². The Morgan fingerprint density at radius 2 is 1.97 bits per heavy atom. The Bertz CT molecular complexity index is 1010. The number of rotatable bonds is 3. The molecule has 0 saturated carbocycles. The van der Waals surface area contributed by atoms with Gasteiger partial charge in [0.15, 0.2) is 15.6 Å². The number of para-hydroxylation sites is 1. The second kappa shape index (κ2) is 7.37. The normalized spacial score (nSPS) is 30.5. The highest BCUT2D eigenvalue weighted by molar-refractivity contribution is 7.91. The first kappa shape index (κ1) is 20.8. The molecular formula is C21H26N2O6S. The molecule has 1 spiro atoms. The van der Waals surface area contributed by atoms with E-state index in [9.17, 15) is 22.8 Å².